The lowest BCUT2D eigenvalue weighted by molar-refractivity contribution is 0.590. The Morgan fingerprint density at radius 2 is 1.89 bits per heavy atom. The number of aryl methyl sites for hydroxylation is 1. The molecule has 4 nitrogen and oxygen atoms in total. The molecule has 94 valence electrons. The van der Waals surface area contributed by atoms with Crippen molar-refractivity contribution in [2.75, 3.05) is 11.1 Å². The van der Waals surface area contributed by atoms with E-state index in [2.05, 4.69) is 15.3 Å². The van der Waals surface area contributed by atoms with Gasteiger partial charge < -0.3 is 11.1 Å². The molecule has 1 aromatic heterocycles. The molecule has 18 heavy (non-hydrogen) atoms. The normalized spacial score (nSPS) is 10.4. The molecule has 0 aliphatic heterocycles. The number of rotatable bonds is 3. The number of aromatic nitrogens is 2. The minimum atomic E-state index is -0.690. The highest BCUT2D eigenvalue weighted by molar-refractivity contribution is 5.59. The zero-order valence-corrected chi connectivity index (χ0v) is 9.74. The van der Waals surface area contributed by atoms with Crippen LogP contribution >= 0.6 is 0 Å². The zero-order valence-electron chi connectivity index (χ0n) is 9.74. The predicted octanol–water partition coefficient (Wildman–Crippen LogP) is 2.64. The highest BCUT2D eigenvalue weighted by atomic mass is 19.1. The van der Waals surface area contributed by atoms with Gasteiger partial charge >= 0.3 is 0 Å². The molecular formula is C12H12F2N4. The first-order chi connectivity index (χ1) is 8.60. The number of hydrogen-bond donors (Lipinski definition) is 2. The minimum absolute atomic E-state index is 0.251. The molecule has 0 spiro atoms. The molecule has 0 fully saturated rings. The summed E-state index contributed by atoms with van der Waals surface area (Å²) >= 11 is 0. The van der Waals surface area contributed by atoms with E-state index in [0.717, 1.165) is 12.1 Å². The van der Waals surface area contributed by atoms with E-state index in [9.17, 15) is 8.78 Å². The van der Waals surface area contributed by atoms with Crippen molar-refractivity contribution in [3.05, 3.63) is 41.7 Å². The Hall–Kier alpha value is -2.24. The molecule has 0 aliphatic carbocycles. The molecule has 2 rings (SSSR count). The second kappa shape index (κ2) is 4.95. The van der Waals surface area contributed by atoms with Crippen LogP contribution in [0.5, 0.6) is 0 Å². The quantitative estimate of drug-likeness (QED) is 0.879. The Kier molecular flexibility index (Phi) is 3.36. The maximum atomic E-state index is 13.4. The summed E-state index contributed by atoms with van der Waals surface area (Å²) in [5, 5.41) is 2.57. The topological polar surface area (TPSA) is 63.8 Å². The Bertz CT molecular complexity index is 552. The zero-order chi connectivity index (χ0) is 13.1. The van der Waals surface area contributed by atoms with Crippen molar-refractivity contribution in [1.82, 2.24) is 9.97 Å². The fraction of sp³-hybridized carbons (Fsp3) is 0.167. The maximum Gasteiger partial charge on any atom is 0.149 e. The van der Waals surface area contributed by atoms with Gasteiger partial charge in [-0.25, -0.2) is 18.7 Å². The SMILES string of the molecule is CCc1nc(N)cc(Nc2c(F)cccc2F)n1. The van der Waals surface area contributed by atoms with E-state index in [0.29, 0.717) is 12.2 Å². The van der Waals surface area contributed by atoms with Crippen molar-refractivity contribution < 1.29 is 8.78 Å². The number of benzene rings is 1. The lowest BCUT2D eigenvalue weighted by Gasteiger charge is -2.09. The van der Waals surface area contributed by atoms with E-state index < -0.39 is 11.6 Å². The number of halogens is 2. The van der Waals surface area contributed by atoms with Crippen molar-refractivity contribution in [3.63, 3.8) is 0 Å². The molecule has 0 saturated heterocycles. The average Bonchev–Trinajstić information content (AvgIpc) is 2.33. The van der Waals surface area contributed by atoms with Gasteiger partial charge in [-0.05, 0) is 12.1 Å². The third kappa shape index (κ3) is 2.53. The predicted molar refractivity (Wildman–Crippen MR) is 65.5 cm³/mol. The second-order valence-corrected chi connectivity index (χ2v) is 3.67. The standard InChI is InChI=1S/C12H12F2N4/c1-2-10-16-9(15)6-11(17-10)18-12-7(13)4-3-5-8(12)14/h3-6H,2H2,1H3,(H3,15,16,17,18). The van der Waals surface area contributed by atoms with Crippen molar-refractivity contribution in [3.8, 4) is 0 Å². The van der Waals surface area contributed by atoms with Crippen LogP contribution in [0.1, 0.15) is 12.7 Å². The van der Waals surface area contributed by atoms with E-state index in [1.807, 2.05) is 6.92 Å². The van der Waals surface area contributed by atoms with Crippen LogP contribution < -0.4 is 11.1 Å². The summed E-state index contributed by atoms with van der Waals surface area (Å²) < 4.78 is 26.9. The molecule has 1 aromatic carbocycles. The van der Waals surface area contributed by atoms with E-state index in [1.54, 1.807) is 0 Å². The van der Waals surface area contributed by atoms with Crippen LogP contribution in [0.2, 0.25) is 0 Å². The molecular weight excluding hydrogens is 238 g/mol. The van der Waals surface area contributed by atoms with Gasteiger partial charge in [0.05, 0.1) is 0 Å². The van der Waals surface area contributed by atoms with Crippen molar-refractivity contribution in [1.29, 1.82) is 0 Å². The molecule has 0 saturated carbocycles. The van der Waals surface area contributed by atoms with Gasteiger partial charge in [-0.3, -0.25) is 0 Å². The van der Waals surface area contributed by atoms with Gasteiger partial charge in [0.25, 0.3) is 0 Å². The summed E-state index contributed by atoms with van der Waals surface area (Å²) in [4.78, 5) is 8.07. The largest absolute Gasteiger partial charge is 0.384 e. The van der Waals surface area contributed by atoms with E-state index in [-0.39, 0.29) is 17.3 Å². The summed E-state index contributed by atoms with van der Waals surface area (Å²) in [6, 6.07) is 5.04. The molecule has 0 aliphatic rings. The maximum absolute atomic E-state index is 13.4. The Labute approximate surface area is 103 Å². The lowest BCUT2D eigenvalue weighted by Crippen LogP contribution is -2.04. The summed E-state index contributed by atoms with van der Waals surface area (Å²) in [5.41, 5.74) is 5.33. The fourth-order valence-corrected chi connectivity index (χ4v) is 1.49. The smallest absolute Gasteiger partial charge is 0.149 e. The van der Waals surface area contributed by atoms with Crippen LogP contribution in [0.3, 0.4) is 0 Å². The van der Waals surface area contributed by atoms with Crippen molar-refractivity contribution in [2.45, 2.75) is 13.3 Å². The minimum Gasteiger partial charge on any atom is -0.384 e. The van der Waals surface area contributed by atoms with E-state index in [4.69, 9.17) is 5.73 Å². The number of para-hydroxylation sites is 1. The van der Waals surface area contributed by atoms with Gasteiger partial charge in [-0.15, -0.1) is 0 Å². The van der Waals surface area contributed by atoms with Crippen molar-refractivity contribution >= 4 is 17.3 Å². The van der Waals surface area contributed by atoms with Crippen LogP contribution in [0.15, 0.2) is 24.3 Å². The number of nitrogens with two attached hydrogens (primary N) is 1. The van der Waals surface area contributed by atoms with Crippen molar-refractivity contribution in [2.24, 2.45) is 0 Å². The average molecular weight is 250 g/mol. The van der Waals surface area contributed by atoms with Crippen LogP contribution in [0.25, 0.3) is 0 Å². The summed E-state index contributed by atoms with van der Waals surface area (Å²) in [5.74, 6) is -0.353. The number of nitrogens with zero attached hydrogens (tertiary/aromatic N) is 2. The molecule has 2 aromatic rings. The molecule has 6 heteroatoms. The monoisotopic (exact) mass is 250 g/mol. The number of nitrogens with one attached hydrogen (secondary N) is 1. The van der Waals surface area contributed by atoms with Gasteiger partial charge in [0.1, 0.15) is 34.8 Å². The first-order valence-electron chi connectivity index (χ1n) is 5.44. The summed E-state index contributed by atoms with van der Waals surface area (Å²) in [6.07, 6.45) is 0.583. The first kappa shape index (κ1) is 12.2. The Morgan fingerprint density at radius 1 is 1.22 bits per heavy atom. The number of hydrogen-bond acceptors (Lipinski definition) is 4. The Balaban J connectivity index is 2.37. The first-order valence-corrected chi connectivity index (χ1v) is 5.44. The lowest BCUT2D eigenvalue weighted by atomic mass is 10.3. The molecule has 0 amide bonds. The third-order valence-electron chi connectivity index (χ3n) is 2.32. The second-order valence-electron chi connectivity index (χ2n) is 3.67. The Morgan fingerprint density at radius 3 is 2.50 bits per heavy atom. The molecule has 0 bridgehead atoms. The molecule has 0 unspecified atom stereocenters. The number of nitrogen functional groups attached to an aromatic ring is 1. The molecule has 0 atom stereocenters. The highest BCUT2D eigenvalue weighted by Gasteiger charge is 2.10. The van der Waals surface area contributed by atoms with Crippen LogP contribution in [0, 0.1) is 11.6 Å². The van der Waals surface area contributed by atoms with E-state index in [1.165, 1.54) is 12.1 Å². The van der Waals surface area contributed by atoms with Gasteiger partial charge in [0, 0.05) is 12.5 Å². The fourth-order valence-electron chi connectivity index (χ4n) is 1.49. The van der Waals surface area contributed by atoms with Crippen LogP contribution in [-0.2, 0) is 6.42 Å². The van der Waals surface area contributed by atoms with Crippen LogP contribution in [0.4, 0.5) is 26.1 Å². The molecule has 3 N–H and O–H groups in total. The summed E-state index contributed by atoms with van der Waals surface area (Å²) in [6.45, 7) is 1.86. The van der Waals surface area contributed by atoms with Gasteiger partial charge in [-0.2, -0.15) is 0 Å². The third-order valence-corrected chi connectivity index (χ3v) is 2.32. The van der Waals surface area contributed by atoms with Crippen LogP contribution in [-0.4, -0.2) is 9.97 Å². The van der Waals surface area contributed by atoms with Gasteiger partial charge in [-0.1, -0.05) is 13.0 Å². The molecule has 1 heterocycles. The van der Waals surface area contributed by atoms with E-state index >= 15 is 0 Å². The number of anilines is 3. The van der Waals surface area contributed by atoms with Gasteiger partial charge in [0.2, 0.25) is 0 Å². The molecule has 0 radical (unpaired) electrons. The van der Waals surface area contributed by atoms with Gasteiger partial charge in [0.15, 0.2) is 0 Å². The summed E-state index contributed by atoms with van der Waals surface area (Å²) in [7, 11) is 0. The highest BCUT2D eigenvalue weighted by Crippen LogP contribution is 2.22.